The molecule has 1 amide bonds. The van der Waals surface area contributed by atoms with Crippen LogP contribution in [-0.2, 0) is 4.79 Å². The summed E-state index contributed by atoms with van der Waals surface area (Å²) in [5.74, 6) is -0.144. The summed E-state index contributed by atoms with van der Waals surface area (Å²) in [4.78, 5) is 27.5. The third-order valence-electron chi connectivity index (χ3n) is 4.07. The van der Waals surface area contributed by atoms with Crippen LogP contribution in [0, 0.1) is 10.1 Å². The molecule has 0 saturated heterocycles. The number of aromatic nitrogens is 3. The smallest absolute Gasteiger partial charge is 0.276 e. The van der Waals surface area contributed by atoms with Crippen LogP contribution in [0.4, 0.5) is 11.6 Å². The van der Waals surface area contributed by atoms with Crippen LogP contribution in [0.2, 0.25) is 0 Å². The molecule has 3 aromatic rings. The highest BCUT2D eigenvalue weighted by molar-refractivity contribution is 6.11. The summed E-state index contributed by atoms with van der Waals surface area (Å²) in [6.45, 7) is 0. The van der Waals surface area contributed by atoms with Gasteiger partial charge in [0.15, 0.2) is 0 Å². The van der Waals surface area contributed by atoms with Crippen molar-refractivity contribution in [2.45, 2.75) is 0 Å². The van der Waals surface area contributed by atoms with Crippen LogP contribution in [0.15, 0.2) is 72.6 Å². The molecule has 0 spiro atoms. The van der Waals surface area contributed by atoms with Crippen LogP contribution in [0.1, 0.15) is 11.1 Å². The van der Waals surface area contributed by atoms with Gasteiger partial charge in [0.25, 0.3) is 11.6 Å². The van der Waals surface area contributed by atoms with Crippen molar-refractivity contribution in [1.82, 2.24) is 14.8 Å². The van der Waals surface area contributed by atoms with Crippen molar-refractivity contribution in [2.75, 3.05) is 5.32 Å². The monoisotopic (exact) mass is 359 g/mol. The van der Waals surface area contributed by atoms with E-state index < -0.39 is 10.8 Å². The number of fused-ring (bicyclic) bond motifs is 1. The average Bonchev–Trinajstić information content (AvgIpc) is 3.08. The first kappa shape index (κ1) is 16.4. The number of hydrogen-bond acceptors (Lipinski definition) is 5. The minimum absolute atomic E-state index is 0.0763. The first-order valence-electron chi connectivity index (χ1n) is 8.07. The zero-order chi connectivity index (χ0) is 18.8. The molecule has 2 aromatic carbocycles. The Hall–Kier alpha value is -4.07. The van der Waals surface area contributed by atoms with Gasteiger partial charge in [0.2, 0.25) is 5.95 Å². The second-order valence-electron chi connectivity index (χ2n) is 5.76. The number of nitro benzene ring substituents is 1. The van der Waals surface area contributed by atoms with Gasteiger partial charge >= 0.3 is 0 Å². The highest BCUT2D eigenvalue weighted by Crippen LogP contribution is 2.27. The molecule has 2 heterocycles. The summed E-state index contributed by atoms with van der Waals surface area (Å²) >= 11 is 0. The molecule has 0 fully saturated rings. The Morgan fingerprint density at radius 3 is 2.59 bits per heavy atom. The summed E-state index contributed by atoms with van der Waals surface area (Å²) in [6, 6.07) is 15.7. The molecule has 0 saturated carbocycles. The van der Waals surface area contributed by atoms with E-state index in [1.54, 1.807) is 24.3 Å². The zero-order valence-electron chi connectivity index (χ0n) is 13.9. The fraction of sp³-hybridized carbons (Fsp3) is 0. The maximum Gasteiger partial charge on any atom is 0.276 e. The predicted octanol–water partition coefficient (Wildman–Crippen LogP) is 3.11. The number of para-hydroxylation sites is 1. The number of nitrogens with one attached hydrogen (secondary N) is 1. The van der Waals surface area contributed by atoms with E-state index in [0.717, 1.165) is 5.56 Å². The van der Waals surface area contributed by atoms with Crippen LogP contribution in [0.3, 0.4) is 0 Å². The number of rotatable bonds is 3. The highest BCUT2D eigenvalue weighted by Gasteiger charge is 2.22. The lowest BCUT2D eigenvalue weighted by molar-refractivity contribution is -0.385. The molecule has 4 rings (SSSR count). The van der Waals surface area contributed by atoms with E-state index in [0.29, 0.717) is 11.3 Å². The molecule has 27 heavy (non-hydrogen) atoms. The van der Waals surface area contributed by atoms with E-state index in [1.807, 2.05) is 30.3 Å². The third-order valence-corrected chi connectivity index (χ3v) is 4.07. The van der Waals surface area contributed by atoms with Crippen LogP contribution < -0.4 is 5.32 Å². The van der Waals surface area contributed by atoms with Gasteiger partial charge in [-0.2, -0.15) is 14.8 Å². The minimum atomic E-state index is -0.477. The number of nitrogens with zero attached hydrogens (tertiary/aromatic N) is 4. The van der Waals surface area contributed by atoms with Crippen LogP contribution >= 0.6 is 0 Å². The maximum absolute atomic E-state index is 12.7. The first-order valence-corrected chi connectivity index (χ1v) is 8.07. The fourth-order valence-electron chi connectivity index (χ4n) is 2.82. The molecule has 1 aromatic heterocycles. The molecule has 132 valence electrons. The van der Waals surface area contributed by atoms with Crippen LogP contribution in [0.5, 0.6) is 0 Å². The van der Waals surface area contributed by atoms with Gasteiger partial charge in [0.1, 0.15) is 6.33 Å². The van der Waals surface area contributed by atoms with E-state index in [2.05, 4.69) is 15.4 Å². The third kappa shape index (κ3) is 3.11. The minimum Gasteiger partial charge on any atom is -0.290 e. The molecule has 0 atom stereocenters. The quantitative estimate of drug-likeness (QED) is 0.440. The second kappa shape index (κ2) is 6.68. The fourth-order valence-corrected chi connectivity index (χ4v) is 2.82. The Kier molecular flexibility index (Phi) is 4.06. The van der Waals surface area contributed by atoms with Crippen LogP contribution in [-0.4, -0.2) is 25.6 Å². The summed E-state index contributed by atoms with van der Waals surface area (Å²) in [6.07, 6.45) is 4.48. The number of carbonyl (C=O) groups excluding carboxylic acids is 1. The van der Waals surface area contributed by atoms with Gasteiger partial charge in [0.05, 0.1) is 16.2 Å². The van der Waals surface area contributed by atoms with Crippen molar-refractivity contribution < 1.29 is 9.72 Å². The van der Waals surface area contributed by atoms with Crippen LogP contribution in [0.25, 0.3) is 11.8 Å². The summed E-state index contributed by atoms with van der Waals surface area (Å²) in [5.41, 5.74) is 1.98. The number of amides is 1. The second-order valence-corrected chi connectivity index (χ2v) is 5.76. The predicted molar refractivity (Wildman–Crippen MR) is 99.5 cm³/mol. The summed E-state index contributed by atoms with van der Waals surface area (Å²) in [5, 5.41) is 18.1. The number of nitro groups is 1. The Balaban J connectivity index is 1.90. The van der Waals surface area contributed by atoms with Crippen molar-refractivity contribution in [2.24, 2.45) is 0 Å². The van der Waals surface area contributed by atoms with E-state index >= 15 is 0 Å². The lowest BCUT2D eigenvalue weighted by atomic mass is 10.1. The molecule has 8 heteroatoms. The van der Waals surface area contributed by atoms with E-state index in [9.17, 15) is 14.9 Å². The standard InChI is InChI=1S/C19H13N5O3/c25-18-15(10-14-8-4-5-9-16(14)24(26)27)11-17(13-6-2-1-3-7-13)23-19(22-18)20-12-21-23/h1-12H,(H,20,21,22,25)/b15-10-. The molecule has 0 aliphatic carbocycles. The van der Waals surface area contributed by atoms with Gasteiger partial charge in [-0.25, -0.2) is 0 Å². The lowest BCUT2D eigenvalue weighted by Gasteiger charge is -2.07. The van der Waals surface area contributed by atoms with Crippen molar-refractivity contribution in [3.05, 3.63) is 93.8 Å². The number of carbonyl (C=O) groups is 1. The zero-order valence-corrected chi connectivity index (χ0v) is 13.9. The van der Waals surface area contributed by atoms with Crippen molar-refractivity contribution in [3.63, 3.8) is 0 Å². The molecule has 1 aliphatic rings. The molecule has 1 N–H and O–H groups in total. The SMILES string of the molecule is O=C1Nc2ncnn2C(c2ccccc2)=C/C1=C/c1ccccc1[N+](=O)[O-]. The van der Waals surface area contributed by atoms with Gasteiger partial charge in [-0.05, 0) is 18.2 Å². The van der Waals surface area contributed by atoms with Gasteiger partial charge in [0, 0.05) is 17.2 Å². The van der Waals surface area contributed by atoms with Gasteiger partial charge in [-0.3, -0.25) is 20.2 Å². The molecular weight excluding hydrogens is 346 g/mol. The molecule has 0 unspecified atom stereocenters. The first-order chi connectivity index (χ1) is 13.1. The van der Waals surface area contributed by atoms with E-state index in [1.165, 1.54) is 23.2 Å². The number of anilines is 1. The van der Waals surface area contributed by atoms with Crippen molar-refractivity contribution in [3.8, 4) is 0 Å². The molecule has 1 aliphatic heterocycles. The largest absolute Gasteiger partial charge is 0.290 e. The number of benzene rings is 2. The van der Waals surface area contributed by atoms with Gasteiger partial charge in [-0.15, -0.1) is 0 Å². The summed E-state index contributed by atoms with van der Waals surface area (Å²) in [7, 11) is 0. The normalized spacial score (nSPS) is 14.9. The van der Waals surface area contributed by atoms with Gasteiger partial charge in [-0.1, -0.05) is 42.5 Å². The van der Waals surface area contributed by atoms with E-state index in [-0.39, 0.29) is 17.2 Å². The maximum atomic E-state index is 12.7. The molecule has 8 nitrogen and oxygen atoms in total. The van der Waals surface area contributed by atoms with Crippen molar-refractivity contribution in [1.29, 1.82) is 0 Å². The number of hydrogen-bond donors (Lipinski definition) is 1. The molecule has 0 radical (unpaired) electrons. The molecular formula is C19H13N5O3. The molecule has 0 bridgehead atoms. The lowest BCUT2D eigenvalue weighted by Crippen LogP contribution is -2.14. The van der Waals surface area contributed by atoms with E-state index in [4.69, 9.17) is 0 Å². The Labute approximate surface area is 153 Å². The van der Waals surface area contributed by atoms with Crippen molar-refractivity contribution >= 4 is 29.3 Å². The Morgan fingerprint density at radius 2 is 1.81 bits per heavy atom. The topological polar surface area (TPSA) is 103 Å². The van der Waals surface area contributed by atoms with Gasteiger partial charge < -0.3 is 0 Å². The summed E-state index contributed by atoms with van der Waals surface area (Å²) < 4.78 is 1.52. The highest BCUT2D eigenvalue weighted by atomic mass is 16.6. The Morgan fingerprint density at radius 1 is 1.07 bits per heavy atom. The Bertz CT molecular complexity index is 1100. The average molecular weight is 359 g/mol.